The van der Waals surface area contributed by atoms with Gasteiger partial charge in [-0.3, -0.25) is 0 Å². The first-order chi connectivity index (χ1) is 9.83. The minimum atomic E-state index is 0.333. The van der Waals surface area contributed by atoms with Crippen LogP contribution in [-0.4, -0.2) is 17.4 Å². The Hall–Kier alpha value is -1.45. The van der Waals surface area contributed by atoms with Gasteiger partial charge in [0.1, 0.15) is 5.75 Å². The minimum absolute atomic E-state index is 0.333. The number of phenols is 1. The Balaban J connectivity index is 1.58. The molecule has 0 aliphatic carbocycles. The van der Waals surface area contributed by atoms with Crippen molar-refractivity contribution in [2.45, 2.75) is 23.8 Å². The third-order valence-electron chi connectivity index (χ3n) is 3.70. The molecule has 3 heteroatoms. The Morgan fingerprint density at radius 3 is 2.75 bits per heavy atom. The van der Waals surface area contributed by atoms with Crippen molar-refractivity contribution >= 4 is 11.8 Å². The Kier molecular flexibility index (Phi) is 4.28. The van der Waals surface area contributed by atoms with E-state index >= 15 is 0 Å². The first kappa shape index (κ1) is 13.5. The number of nitrogens with one attached hydrogen (secondary N) is 1. The van der Waals surface area contributed by atoms with Gasteiger partial charge in [0, 0.05) is 10.9 Å². The van der Waals surface area contributed by atoms with Gasteiger partial charge in [-0.1, -0.05) is 30.3 Å². The van der Waals surface area contributed by atoms with Crippen molar-refractivity contribution in [2.75, 3.05) is 12.3 Å². The predicted octanol–water partition coefficient (Wildman–Crippen LogP) is 3.76. The summed E-state index contributed by atoms with van der Waals surface area (Å²) < 4.78 is 0. The number of hydrogen-bond acceptors (Lipinski definition) is 3. The molecule has 1 aliphatic heterocycles. The van der Waals surface area contributed by atoms with Crippen LogP contribution in [0.2, 0.25) is 0 Å². The molecule has 20 heavy (non-hydrogen) atoms. The molecule has 0 radical (unpaired) electrons. The van der Waals surface area contributed by atoms with Crippen molar-refractivity contribution in [3.63, 3.8) is 0 Å². The first-order valence-corrected chi connectivity index (χ1v) is 8.04. The van der Waals surface area contributed by atoms with Gasteiger partial charge >= 0.3 is 0 Å². The average Bonchev–Trinajstić information content (AvgIpc) is 2.49. The van der Waals surface area contributed by atoms with Crippen molar-refractivity contribution in [2.24, 2.45) is 0 Å². The Morgan fingerprint density at radius 1 is 1.10 bits per heavy atom. The van der Waals surface area contributed by atoms with E-state index in [1.165, 1.54) is 28.2 Å². The monoisotopic (exact) mass is 285 g/mol. The number of phenolic OH excluding ortho intramolecular Hbond substituents is 1. The molecule has 1 unspecified atom stereocenters. The van der Waals surface area contributed by atoms with E-state index in [-0.39, 0.29) is 0 Å². The quantitative estimate of drug-likeness (QED) is 0.897. The molecule has 2 nitrogen and oxygen atoms in total. The molecular formula is C17H19NOS. The third kappa shape index (κ3) is 3.17. The fourth-order valence-electron chi connectivity index (χ4n) is 2.61. The van der Waals surface area contributed by atoms with Crippen LogP contribution in [0.25, 0.3) is 0 Å². The van der Waals surface area contributed by atoms with Crippen molar-refractivity contribution in [1.29, 1.82) is 0 Å². The highest BCUT2D eigenvalue weighted by atomic mass is 32.2. The van der Waals surface area contributed by atoms with Crippen LogP contribution in [0.4, 0.5) is 0 Å². The van der Waals surface area contributed by atoms with Gasteiger partial charge in [-0.25, -0.2) is 0 Å². The van der Waals surface area contributed by atoms with E-state index in [0.717, 1.165) is 13.0 Å². The highest BCUT2D eigenvalue weighted by Crippen LogP contribution is 2.35. The highest BCUT2D eigenvalue weighted by Gasteiger charge is 2.19. The Bertz CT molecular complexity index is 567. The standard InChI is InChI=1S/C17H19NOS/c19-14-7-5-13(6-8-14)9-11-18-16-10-12-20-17-4-2-1-3-15(16)17/h1-8,16,18-19H,9-12H2. The molecule has 0 amide bonds. The molecule has 2 aromatic carbocycles. The summed E-state index contributed by atoms with van der Waals surface area (Å²) in [4.78, 5) is 1.42. The molecule has 2 N–H and O–H groups in total. The largest absolute Gasteiger partial charge is 0.508 e. The summed E-state index contributed by atoms with van der Waals surface area (Å²) in [5, 5.41) is 12.9. The zero-order valence-electron chi connectivity index (χ0n) is 11.4. The molecule has 1 heterocycles. The van der Waals surface area contributed by atoms with Crippen LogP contribution >= 0.6 is 11.8 Å². The molecule has 1 atom stereocenters. The van der Waals surface area contributed by atoms with Crippen LogP contribution in [0.15, 0.2) is 53.4 Å². The van der Waals surface area contributed by atoms with Crippen LogP contribution in [0.3, 0.4) is 0 Å². The molecule has 0 saturated heterocycles. The van der Waals surface area contributed by atoms with Gasteiger partial charge in [0.15, 0.2) is 0 Å². The lowest BCUT2D eigenvalue weighted by Crippen LogP contribution is -2.26. The normalized spacial score (nSPS) is 17.7. The lowest BCUT2D eigenvalue weighted by Gasteiger charge is -2.26. The first-order valence-electron chi connectivity index (χ1n) is 7.06. The zero-order chi connectivity index (χ0) is 13.8. The van der Waals surface area contributed by atoms with Gasteiger partial charge < -0.3 is 10.4 Å². The second-order valence-electron chi connectivity index (χ2n) is 5.10. The van der Waals surface area contributed by atoms with E-state index in [0.29, 0.717) is 11.8 Å². The van der Waals surface area contributed by atoms with Crippen LogP contribution in [-0.2, 0) is 6.42 Å². The maximum atomic E-state index is 9.28. The SMILES string of the molecule is Oc1ccc(CCNC2CCSc3ccccc32)cc1. The van der Waals surface area contributed by atoms with E-state index in [9.17, 15) is 5.11 Å². The Morgan fingerprint density at radius 2 is 1.90 bits per heavy atom. The number of thioether (sulfide) groups is 1. The van der Waals surface area contributed by atoms with Crippen LogP contribution in [0, 0.1) is 0 Å². The summed E-state index contributed by atoms with van der Waals surface area (Å²) in [5.74, 6) is 1.52. The van der Waals surface area contributed by atoms with Gasteiger partial charge in [0.05, 0.1) is 0 Å². The van der Waals surface area contributed by atoms with Crippen molar-refractivity contribution in [1.82, 2.24) is 5.32 Å². The maximum Gasteiger partial charge on any atom is 0.115 e. The zero-order valence-corrected chi connectivity index (χ0v) is 12.2. The van der Waals surface area contributed by atoms with Crippen molar-refractivity contribution in [3.8, 4) is 5.75 Å². The molecule has 1 aliphatic rings. The topological polar surface area (TPSA) is 32.3 Å². The maximum absolute atomic E-state index is 9.28. The number of benzene rings is 2. The molecule has 0 fully saturated rings. The smallest absolute Gasteiger partial charge is 0.115 e. The van der Waals surface area contributed by atoms with E-state index in [4.69, 9.17) is 0 Å². The second kappa shape index (κ2) is 6.33. The summed E-state index contributed by atoms with van der Waals surface area (Å²) in [6, 6.07) is 16.6. The molecule has 0 spiro atoms. The fraction of sp³-hybridized carbons (Fsp3) is 0.294. The van der Waals surface area contributed by atoms with Crippen LogP contribution in [0.1, 0.15) is 23.6 Å². The number of rotatable bonds is 4. The highest BCUT2D eigenvalue weighted by molar-refractivity contribution is 7.99. The average molecular weight is 285 g/mol. The minimum Gasteiger partial charge on any atom is -0.508 e. The van der Waals surface area contributed by atoms with Crippen molar-refractivity contribution in [3.05, 3.63) is 59.7 Å². The number of aromatic hydroxyl groups is 1. The molecular weight excluding hydrogens is 266 g/mol. The van der Waals surface area contributed by atoms with E-state index < -0.39 is 0 Å². The molecule has 104 valence electrons. The van der Waals surface area contributed by atoms with Gasteiger partial charge in [-0.2, -0.15) is 0 Å². The van der Waals surface area contributed by atoms with Crippen LogP contribution in [0.5, 0.6) is 5.75 Å². The van der Waals surface area contributed by atoms with E-state index in [1.807, 2.05) is 23.9 Å². The van der Waals surface area contributed by atoms with Gasteiger partial charge in [-0.15, -0.1) is 11.8 Å². The number of hydrogen-bond donors (Lipinski definition) is 2. The molecule has 2 aromatic rings. The summed E-state index contributed by atoms with van der Waals surface area (Å²) in [7, 11) is 0. The molecule has 0 aromatic heterocycles. The molecule has 0 bridgehead atoms. The summed E-state index contributed by atoms with van der Waals surface area (Å²) in [6.07, 6.45) is 2.18. The lowest BCUT2D eigenvalue weighted by molar-refractivity contribution is 0.475. The van der Waals surface area contributed by atoms with Gasteiger partial charge in [-0.05, 0) is 54.5 Å². The van der Waals surface area contributed by atoms with Gasteiger partial charge in [0.2, 0.25) is 0 Å². The van der Waals surface area contributed by atoms with Crippen molar-refractivity contribution < 1.29 is 5.11 Å². The molecule has 3 rings (SSSR count). The Labute approximate surface area is 124 Å². The summed E-state index contributed by atoms with van der Waals surface area (Å²) in [6.45, 7) is 0.967. The van der Waals surface area contributed by atoms with E-state index in [1.54, 1.807) is 12.1 Å². The predicted molar refractivity (Wildman–Crippen MR) is 84.3 cm³/mol. The molecule has 0 saturated carbocycles. The summed E-state index contributed by atoms with van der Waals surface area (Å²) >= 11 is 1.96. The van der Waals surface area contributed by atoms with E-state index in [2.05, 4.69) is 29.6 Å². The lowest BCUT2D eigenvalue weighted by atomic mass is 10.0. The van der Waals surface area contributed by atoms with Crippen LogP contribution < -0.4 is 5.32 Å². The number of fused-ring (bicyclic) bond motifs is 1. The summed E-state index contributed by atoms with van der Waals surface area (Å²) in [5.41, 5.74) is 2.70. The van der Waals surface area contributed by atoms with Gasteiger partial charge in [0.25, 0.3) is 0 Å². The fourth-order valence-corrected chi connectivity index (χ4v) is 3.73. The second-order valence-corrected chi connectivity index (χ2v) is 6.23. The third-order valence-corrected chi connectivity index (χ3v) is 4.82.